The van der Waals surface area contributed by atoms with Crippen molar-refractivity contribution in [3.8, 4) is 0 Å². The van der Waals surface area contributed by atoms with E-state index in [-0.39, 0.29) is 18.6 Å². The minimum absolute atomic E-state index is 0.0244. The summed E-state index contributed by atoms with van der Waals surface area (Å²) in [5.41, 5.74) is 6.05. The normalized spacial score (nSPS) is 29.8. The molecule has 2 nitrogen and oxygen atoms in total. The lowest BCUT2D eigenvalue weighted by atomic mass is 9.80. The third-order valence-electron chi connectivity index (χ3n) is 3.99. The second-order valence-electron chi connectivity index (χ2n) is 5.54. The molecule has 0 aliphatic heterocycles. The van der Waals surface area contributed by atoms with Crippen molar-refractivity contribution in [3.63, 3.8) is 0 Å². The molecule has 3 unspecified atom stereocenters. The smallest absolute Gasteiger partial charge is 0.326 e. The van der Waals surface area contributed by atoms with Crippen molar-refractivity contribution in [2.75, 3.05) is 13.6 Å². The molecule has 0 aromatic rings. The molecule has 0 spiro atoms. The van der Waals surface area contributed by atoms with E-state index in [4.69, 9.17) is 5.73 Å². The summed E-state index contributed by atoms with van der Waals surface area (Å²) in [6, 6.07) is 0.133. The maximum atomic E-state index is 12.2. The van der Waals surface area contributed by atoms with E-state index in [9.17, 15) is 13.2 Å². The van der Waals surface area contributed by atoms with Crippen LogP contribution >= 0.6 is 0 Å². The molecule has 3 atom stereocenters. The summed E-state index contributed by atoms with van der Waals surface area (Å²) in [4.78, 5) is 1.81. The van der Waals surface area contributed by atoms with Crippen LogP contribution in [0, 0.1) is 5.92 Å². The zero-order valence-corrected chi connectivity index (χ0v) is 11.3. The predicted octanol–water partition coefficient (Wildman–Crippen LogP) is 3.17. The number of rotatable bonds is 5. The van der Waals surface area contributed by atoms with E-state index in [0.717, 1.165) is 32.1 Å². The molecule has 18 heavy (non-hydrogen) atoms. The van der Waals surface area contributed by atoms with Gasteiger partial charge in [0.05, 0.1) is 6.42 Å². The first-order valence-corrected chi connectivity index (χ1v) is 6.86. The van der Waals surface area contributed by atoms with Gasteiger partial charge in [0.2, 0.25) is 0 Å². The molecule has 0 bridgehead atoms. The van der Waals surface area contributed by atoms with Crippen molar-refractivity contribution in [2.24, 2.45) is 11.7 Å². The Morgan fingerprint density at radius 3 is 2.50 bits per heavy atom. The molecule has 1 rings (SSSR count). The molecule has 1 aliphatic rings. The first kappa shape index (κ1) is 15.8. The number of halogens is 3. The van der Waals surface area contributed by atoms with Crippen LogP contribution in [0.1, 0.15) is 45.4 Å². The lowest BCUT2D eigenvalue weighted by Crippen LogP contribution is -2.50. The van der Waals surface area contributed by atoms with Crippen LogP contribution in [-0.2, 0) is 0 Å². The van der Waals surface area contributed by atoms with Gasteiger partial charge in [0, 0.05) is 18.6 Å². The zero-order valence-electron chi connectivity index (χ0n) is 11.3. The molecule has 0 saturated heterocycles. The van der Waals surface area contributed by atoms with Crippen LogP contribution in [0.5, 0.6) is 0 Å². The molecule has 2 N–H and O–H groups in total. The van der Waals surface area contributed by atoms with Crippen LogP contribution in [0.25, 0.3) is 0 Å². The van der Waals surface area contributed by atoms with Gasteiger partial charge in [0.15, 0.2) is 0 Å². The molecule has 1 fully saturated rings. The summed E-state index contributed by atoms with van der Waals surface area (Å²) >= 11 is 0. The predicted molar refractivity (Wildman–Crippen MR) is 67.3 cm³/mol. The highest BCUT2D eigenvalue weighted by Crippen LogP contribution is 2.30. The summed E-state index contributed by atoms with van der Waals surface area (Å²) in [6.45, 7) is 2.21. The highest BCUT2D eigenvalue weighted by Gasteiger charge is 2.33. The van der Waals surface area contributed by atoms with Gasteiger partial charge in [-0.1, -0.05) is 19.8 Å². The molecule has 0 aromatic heterocycles. The maximum Gasteiger partial charge on any atom is 0.390 e. The minimum atomic E-state index is -4.07. The Kier molecular flexibility index (Phi) is 5.92. The van der Waals surface area contributed by atoms with Crippen LogP contribution in [0.2, 0.25) is 0 Å². The average molecular weight is 266 g/mol. The Labute approximate surface area is 108 Å². The number of nitrogens with zero attached hydrogens (tertiary/aromatic N) is 1. The summed E-state index contributed by atoms with van der Waals surface area (Å²) in [7, 11) is 1.77. The number of hydrogen-bond donors (Lipinski definition) is 1. The first-order valence-electron chi connectivity index (χ1n) is 6.86. The number of alkyl halides is 3. The summed E-state index contributed by atoms with van der Waals surface area (Å²) in [5.74, 6) is 0.633. The van der Waals surface area contributed by atoms with Crippen molar-refractivity contribution in [2.45, 2.75) is 63.7 Å². The van der Waals surface area contributed by atoms with Gasteiger partial charge in [-0.05, 0) is 32.2 Å². The van der Waals surface area contributed by atoms with E-state index in [2.05, 4.69) is 6.92 Å². The van der Waals surface area contributed by atoms with Gasteiger partial charge in [-0.2, -0.15) is 13.2 Å². The van der Waals surface area contributed by atoms with Gasteiger partial charge in [-0.25, -0.2) is 0 Å². The third kappa shape index (κ3) is 5.14. The summed E-state index contributed by atoms with van der Waals surface area (Å²) in [5, 5.41) is 0. The van der Waals surface area contributed by atoms with E-state index in [1.54, 1.807) is 11.9 Å². The fraction of sp³-hybridized carbons (Fsp3) is 1.00. The molecule has 0 radical (unpaired) electrons. The second-order valence-corrected chi connectivity index (χ2v) is 5.54. The fourth-order valence-corrected chi connectivity index (χ4v) is 2.90. The Morgan fingerprint density at radius 1 is 1.28 bits per heavy atom. The number of likely N-dealkylation sites (N-methyl/N-ethyl adjacent to an activating group) is 1. The molecular weight excluding hydrogens is 241 g/mol. The van der Waals surface area contributed by atoms with E-state index in [1.165, 1.54) is 0 Å². The van der Waals surface area contributed by atoms with E-state index in [1.807, 2.05) is 0 Å². The topological polar surface area (TPSA) is 29.3 Å². The molecular formula is C13H25F3N2. The van der Waals surface area contributed by atoms with Crippen molar-refractivity contribution in [3.05, 3.63) is 0 Å². The molecule has 5 heteroatoms. The average Bonchev–Trinajstić information content (AvgIpc) is 2.28. The van der Waals surface area contributed by atoms with Crippen LogP contribution in [-0.4, -0.2) is 36.8 Å². The molecule has 0 amide bonds. The van der Waals surface area contributed by atoms with E-state index in [0.29, 0.717) is 5.92 Å². The third-order valence-corrected chi connectivity index (χ3v) is 3.99. The lowest BCUT2D eigenvalue weighted by Gasteiger charge is -2.39. The highest BCUT2D eigenvalue weighted by atomic mass is 19.4. The van der Waals surface area contributed by atoms with Crippen LogP contribution in [0.4, 0.5) is 13.2 Å². The van der Waals surface area contributed by atoms with Crippen LogP contribution < -0.4 is 5.73 Å². The Bertz CT molecular complexity index is 243. The summed E-state index contributed by atoms with van der Waals surface area (Å²) in [6.07, 6.45) is 0.490. The van der Waals surface area contributed by atoms with Gasteiger partial charge < -0.3 is 10.6 Å². The monoisotopic (exact) mass is 266 g/mol. The van der Waals surface area contributed by atoms with Gasteiger partial charge in [-0.15, -0.1) is 0 Å². The SMILES string of the molecule is CCCC1CCC(N)C(N(C)CCC(F)(F)F)C1. The van der Waals surface area contributed by atoms with E-state index < -0.39 is 12.6 Å². The number of hydrogen-bond acceptors (Lipinski definition) is 2. The van der Waals surface area contributed by atoms with E-state index >= 15 is 0 Å². The largest absolute Gasteiger partial charge is 0.390 e. The van der Waals surface area contributed by atoms with Crippen molar-refractivity contribution >= 4 is 0 Å². The van der Waals surface area contributed by atoms with Crippen LogP contribution in [0.3, 0.4) is 0 Å². The standard InChI is InChI=1S/C13H25F3N2/c1-3-4-10-5-6-11(17)12(9-10)18(2)8-7-13(14,15)16/h10-12H,3-9,17H2,1-2H3. The van der Waals surface area contributed by atoms with Crippen molar-refractivity contribution in [1.29, 1.82) is 0 Å². The number of nitrogens with two attached hydrogens (primary N) is 1. The molecule has 0 heterocycles. The molecule has 0 aromatic carbocycles. The Morgan fingerprint density at radius 2 is 1.94 bits per heavy atom. The zero-order chi connectivity index (χ0) is 13.8. The first-order chi connectivity index (χ1) is 8.33. The van der Waals surface area contributed by atoms with Gasteiger partial charge in [0.25, 0.3) is 0 Å². The van der Waals surface area contributed by atoms with Gasteiger partial charge in [-0.3, -0.25) is 0 Å². The second kappa shape index (κ2) is 6.75. The van der Waals surface area contributed by atoms with Crippen LogP contribution in [0.15, 0.2) is 0 Å². The Balaban J connectivity index is 2.45. The van der Waals surface area contributed by atoms with Gasteiger partial charge in [0.1, 0.15) is 0 Å². The minimum Gasteiger partial charge on any atom is -0.326 e. The molecule has 1 aliphatic carbocycles. The van der Waals surface area contributed by atoms with Gasteiger partial charge >= 0.3 is 6.18 Å². The molecule has 1 saturated carbocycles. The summed E-state index contributed by atoms with van der Waals surface area (Å²) < 4.78 is 36.7. The lowest BCUT2D eigenvalue weighted by molar-refractivity contribution is -0.139. The quantitative estimate of drug-likeness (QED) is 0.828. The van der Waals surface area contributed by atoms with Crippen molar-refractivity contribution in [1.82, 2.24) is 4.90 Å². The molecule has 108 valence electrons. The maximum absolute atomic E-state index is 12.2. The Hall–Kier alpha value is -0.290. The highest BCUT2D eigenvalue weighted by molar-refractivity contribution is 4.88. The fourth-order valence-electron chi connectivity index (χ4n) is 2.90. The van der Waals surface area contributed by atoms with Crippen molar-refractivity contribution < 1.29 is 13.2 Å².